The van der Waals surface area contributed by atoms with Gasteiger partial charge in [0.15, 0.2) is 0 Å². The van der Waals surface area contributed by atoms with Crippen LogP contribution in [0.1, 0.15) is 0 Å². The maximum absolute atomic E-state index is 12.8. The van der Waals surface area contributed by atoms with Crippen molar-refractivity contribution in [2.75, 3.05) is 11.9 Å². The first kappa shape index (κ1) is 6.46. The Kier molecular flexibility index (Phi) is 1.24. The molecule has 0 amide bonds. The van der Waals surface area contributed by atoms with Crippen LogP contribution in [0.2, 0.25) is 0 Å². The van der Waals surface area contributed by atoms with Crippen molar-refractivity contribution in [1.29, 1.82) is 0 Å². The zero-order valence-electron chi connectivity index (χ0n) is 6.12. The molecule has 2 nitrogen and oxygen atoms in total. The molecule has 0 bridgehead atoms. The van der Waals surface area contributed by atoms with Crippen LogP contribution in [0, 0.1) is 0 Å². The third kappa shape index (κ3) is 0.843. The lowest BCUT2D eigenvalue weighted by Gasteiger charge is -2.10. The number of fused-ring (bicyclic) bond motifs is 1. The third-order valence-corrected chi connectivity index (χ3v) is 1.77. The minimum Gasteiger partial charge on any atom is -0.441 e. The topological polar surface area (TPSA) is 12.5 Å². The second kappa shape index (κ2) is 2.12. The van der Waals surface area contributed by atoms with Crippen LogP contribution in [-0.4, -0.2) is 13.5 Å². The van der Waals surface area contributed by atoms with Crippen LogP contribution >= 0.6 is 0 Å². The van der Waals surface area contributed by atoms with Crippen LogP contribution in [0.3, 0.4) is 0 Å². The van der Waals surface area contributed by atoms with E-state index in [2.05, 4.69) is 0 Å². The normalized spacial score (nSPS) is 21.3. The van der Waals surface area contributed by atoms with Gasteiger partial charge in [0.2, 0.25) is 0 Å². The van der Waals surface area contributed by atoms with Crippen molar-refractivity contribution in [3.8, 4) is 5.75 Å². The van der Waals surface area contributed by atoms with Gasteiger partial charge in [-0.1, -0.05) is 12.1 Å². The van der Waals surface area contributed by atoms with Crippen LogP contribution < -0.4 is 9.64 Å². The molecule has 1 aromatic rings. The molecule has 1 atom stereocenters. The quantitative estimate of drug-likeness (QED) is 0.526. The minimum atomic E-state index is -1.33. The van der Waals surface area contributed by atoms with Crippen LogP contribution in [0.25, 0.3) is 0 Å². The first-order chi connectivity index (χ1) is 5.29. The van der Waals surface area contributed by atoms with Crippen molar-refractivity contribution in [2.45, 2.75) is 6.48 Å². The summed E-state index contributed by atoms with van der Waals surface area (Å²) in [4.78, 5) is 1.45. The predicted molar refractivity (Wildman–Crippen MR) is 40.4 cm³/mol. The minimum absolute atomic E-state index is 0.613. The van der Waals surface area contributed by atoms with Gasteiger partial charge in [-0.3, -0.25) is 0 Å². The molecule has 11 heavy (non-hydrogen) atoms. The van der Waals surface area contributed by atoms with Gasteiger partial charge in [0, 0.05) is 7.05 Å². The van der Waals surface area contributed by atoms with Gasteiger partial charge in [-0.05, 0) is 12.1 Å². The first-order valence-corrected chi connectivity index (χ1v) is 3.41. The van der Waals surface area contributed by atoms with E-state index >= 15 is 0 Å². The Morgan fingerprint density at radius 1 is 1.45 bits per heavy atom. The molecule has 0 saturated carbocycles. The molecule has 0 unspecified atom stereocenters. The van der Waals surface area contributed by atoms with Gasteiger partial charge >= 0.3 is 6.48 Å². The standard InChI is InChI=1S/C8H8FNO/c1-10-6-4-2-3-5-7(6)11-8(10)9/h2-5,8H,1H3/t8-/m0/s1. The van der Waals surface area contributed by atoms with E-state index in [1.54, 1.807) is 13.1 Å². The van der Waals surface area contributed by atoms with E-state index < -0.39 is 6.48 Å². The highest BCUT2D eigenvalue weighted by Gasteiger charge is 2.26. The number of nitrogens with zero attached hydrogens (tertiary/aromatic N) is 1. The molecule has 0 fully saturated rings. The summed E-state index contributed by atoms with van der Waals surface area (Å²) in [5.74, 6) is 0.613. The lowest BCUT2D eigenvalue weighted by atomic mass is 10.3. The molecule has 0 spiro atoms. The van der Waals surface area contributed by atoms with Gasteiger partial charge in [0.05, 0.1) is 5.69 Å². The van der Waals surface area contributed by atoms with Crippen molar-refractivity contribution >= 4 is 5.69 Å². The molecule has 0 radical (unpaired) electrons. The molecule has 0 aromatic heterocycles. The van der Waals surface area contributed by atoms with Crippen LogP contribution in [0.5, 0.6) is 5.75 Å². The number of para-hydroxylation sites is 2. The van der Waals surface area contributed by atoms with E-state index in [0.717, 1.165) is 5.69 Å². The maximum Gasteiger partial charge on any atom is 0.321 e. The zero-order valence-corrected chi connectivity index (χ0v) is 6.12. The molecule has 3 heteroatoms. The molecule has 0 saturated heterocycles. The van der Waals surface area contributed by atoms with Gasteiger partial charge < -0.3 is 9.64 Å². The van der Waals surface area contributed by atoms with E-state index in [0.29, 0.717) is 5.75 Å². The Morgan fingerprint density at radius 2 is 2.18 bits per heavy atom. The molecule has 1 aliphatic heterocycles. The molecule has 0 aliphatic carbocycles. The predicted octanol–water partition coefficient (Wildman–Crippen LogP) is 1.77. The molecular formula is C8H8FNO. The van der Waals surface area contributed by atoms with Gasteiger partial charge in [0.1, 0.15) is 5.75 Å². The van der Waals surface area contributed by atoms with Gasteiger partial charge in [-0.2, -0.15) is 4.39 Å². The van der Waals surface area contributed by atoms with Crippen molar-refractivity contribution < 1.29 is 9.13 Å². The molecule has 1 aliphatic rings. The van der Waals surface area contributed by atoms with Crippen LogP contribution in [-0.2, 0) is 0 Å². The second-order valence-electron chi connectivity index (χ2n) is 2.49. The fourth-order valence-corrected chi connectivity index (χ4v) is 1.14. The molecule has 58 valence electrons. The summed E-state index contributed by atoms with van der Waals surface area (Å²) in [5, 5.41) is 0. The fourth-order valence-electron chi connectivity index (χ4n) is 1.14. The van der Waals surface area contributed by atoms with Gasteiger partial charge in [0.25, 0.3) is 0 Å². The van der Waals surface area contributed by atoms with Gasteiger partial charge in [-0.25, -0.2) is 0 Å². The number of hydrogen-bond acceptors (Lipinski definition) is 2. The van der Waals surface area contributed by atoms with E-state index in [1.165, 1.54) is 4.90 Å². The smallest absolute Gasteiger partial charge is 0.321 e. The van der Waals surface area contributed by atoms with E-state index in [-0.39, 0.29) is 0 Å². The summed E-state index contributed by atoms with van der Waals surface area (Å²) >= 11 is 0. The number of halogens is 1. The number of rotatable bonds is 0. The lowest BCUT2D eigenvalue weighted by molar-refractivity contribution is 0.0891. The average Bonchev–Trinajstić information content (AvgIpc) is 2.30. The molecule has 1 heterocycles. The van der Waals surface area contributed by atoms with Crippen LogP contribution in [0.15, 0.2) is 24.3 Å². The Morgan fingerprint density at radius 3 is 2.91 bits per heavy atom. The van der Waals surface area contributed by atoms with E-state index in [9.17, 15) is 4.39 Å². The summed E-state index contributed by atoms with van der Waals surface area (Å²) in [6.07, 6.45) is 0. The fraction of sp³-hybridized carbons (Fsp3) is 0.250. The number of ether oxygens (including phenoxy) is 1. The van der Waals surface area contributed by atoms with Crippen molar-refractivity contribution in [2.24, 2.45) is 0 Å². The number of hydrogen-bond donors (Lipinski definition) is 0. The zero-order chi connectivity index (χ0) is 7.84. The Hall–Kier alpha value is -1.25. The summed E-state index contributed by atoms with van der Waals surface area (Å²) in [6, 6.07) is 7.27. The highest BCUT2D eigenvalue weighted by Crippen LogP contribution is 2.35. The molecule has 0 N–H and O–H groups in total. The second-order valence-corrected chi connectivity index (χ2v) is 2.49. The van der Waals surface area contributed by atoms with Crippen LogP contribution in [0.4, 0.5) is 10.1 Å². The summed E-state index contributed by atoms with van der Waals surface area (Å²) in [7, 11) is 1.66. The average molecular weight is 153 g/mol. The number of anilines is 1. The molecule has 2 rings (SSSR count). The number of benzene rings is 1. The van der Waals surface area contributed by atoms with Gasteiger partial charge in [-0.15, -0.1) is 0 Å². The largest absolute Gasteiger partial charge is 0.441 e. The Bertz CT molecular complexity index is 277. The van der Waals surface area contributed by atoms with E-state index in [4.69, 9.17) is 4.74 Å². The van der Waals surface area contributed by atoms with Crippen molar-refractivity contribution in [1.82, 2.24) is 0 Å². The monoisotopic (exact) mass is 153 g/mol. The number of alkyl halides is 1. The summed E-state index contributed by atoms with van der Waals surface area (Å²) in [6.45, 7) is -1.33. The SMILES string of the molecule is CN1c2ccccc2O[C@H]1F. The Balaban J connectivity index is 2.47. The molecule has 1 aromatic carbocycles. The third-order valence-electron chi connectivity index (χ3n) is 1.77. The van der Waals surface area contributed by atoms with Crippen molar-refractivity contribution in [3.63, 3.8) is 0 Å². The van der Waals surface area contributed by atoms with E-state index in [1.807, 2.05) is 18.2 Å². The highest BCUT2D eigenvalue weighted by atomic mass is 19.1. The molecular weight excluding hydrogens is 145 g/mol. The highest BCUT2D eigenvalue weighted by molar-refractivity contribution is 5.60. The Labute approximate surface area is 64.2 Å². The first-order valence-electron chi connectivity index (χ1n) is 3.41. The summed E-state index contributed by atoms with van der Waals surface area (Å²) < 4.78 is 17.7. The van der Waals surface area contributed by atoms with Crippen molar-refractivity contribution in [3.05, 3.63) is 24.3 Å². The summed E-state index contributed by atoms with van der Waals surface area (Å²) in [5.41, 5.74) is 0.806. The lowest BCUT2D eigenvalue weighted by Crippen LogP contribution is -2.25. The maximum atomic E-state index is 12.8.